The average Bonchev–Trinajstić information content (AvgIpc) is 2.65. The predicted octanol–water partition coefficient (Wildman–Crippen LogP) is 2.72. The Bertz CT molecular complexity index is 893. The molecule has 0 bridgehead atoms. The van der Waals surface area contributed by atoms with Crippen molar-refractivity contribution < 1.29 is 19.7 Å². The summed E-state index contributed by atoms with van der Waals surface area (Å²) in [5, 5.41) is 19.8. The fourth-order valence-corrected chi connectivity index (χ4v) is 2.38. The third-order valence-corrected chi connectivity index (χ3v) is 3.68. The molecule has 0 fully saturated rings. The Labute approximate surface area is 144 Å². The first-order valence-electron chi connectivity index (χ1n) is 7.60. The quantitative estimate of drug-likeness (QED) is 0.696. The van der Waals surface area contributed by atoms with E-state index in [1.807, 2.05) is 12.1 Å². The van der Waals surface area contributed by atoms with Gasteiger partial charge in [-0.1, -0.05) is 42.5 Å². The standard InChI is InChI=1S/C19H16N2O4/c1-25-14-9-7-12(8-10-14)11-15-20-16(18(23)19(24)21-15)17(22)13-5-3-2-4-6-13/h2-10,23H,11H2,1H3,(H,20,21,24). The van der Waals surface area contributed by atoms with E-state index in [-0.39, 0.29) is 11.5 Å². The van der Waals surface area contributed by atoms with E-state index in [1.165, 1.54) is 0 Å². The van der Waals surface area contributed by atoms with Gasteiger partial charge in [-0.25, -0.2) is 4.98 Å². The van der Waals surface area contributed by atoms with Gasteiger partial charge < -0.3 is 14.9 Å². The number of rotatable bonds is 5. The van der Waals surface area contributed by atoms with Gasteiger partial charge in [-0.3, -0.25) is 4.79 Å². The number of ketones is 1. The summed E-state index contributed by atoms with van der Waals surface area (Å²) in [6.45, 7) is 0. The van der Waals surface area contributed by atoms with Crippen LogP contribution in [0.2, 0.25) is 0 Å². The molecule has 3 rings (SSSR count). The molecule has 6 heteroatoms. The summed E-state index contributed by atoms with van der Waals surface area (Å²) < 4.78 is 5.10. The van der Waals surface area contributed by atoms with Crippen molar-refractivity contribution in [1.29, 1.82) is 0 Å². The Morgan fingerprint density at radius 2 is 1.68 bits per heavy atom. The number of hydrogen-bond acceptors (Lipinski definition) is 6. The average molecular weight is 336 g/mol. The summed E-state index contributed by atoms with van der Waals surface area (Å²) in [5.41, 5.74) is 1.03. The van der Waals surface area contributed by atoms with Crippen molar-refractivity contribution in [2.75, 3.05) is 7.11 Å². The SMILES string of the molecule is COc1ccc(Cc2nc(O)c(O)c(C(=O)c3ccccc3)n2)cc1. The van der Waals surface area contributed by atoms with Crippen LogP contribution in [-0.4, -0.2) is 33.1 Å². The molecule has 0 radical (unpaired) electrons. The summed E-state index contributed by atoms with van der Waals surface area (Å²) in [6.07, 6.45) is 0.299. The molecule has 0 aliphatic carbocycles. The van der Waals surface area contributed by atoms with Gasteiger partial charge in [0.2, 0.25) is 11.5 Å². The number of aromatic nitrogens is 2. The van der Waals surface area contributed by atoms with Gasteiger partial charge in [0.05, 0.1) is 7.11 Å². The Hall–Kier alpha value is -3.41. The summed E-state index contributed by atoms with van der Waals surface area (Å²) in [5.74, 6) is -0.755. The minimum absolute atomic E-state index is 0.220. The molecule has 0 aliphatic heterocycles. The molecular weight excluding hydrogens is 320 g/mol. The Morgan fingerprint density at radius 1 is 1.00 bits per heavy atom. The molecule has 3 aromatic rings. The van der Waals surface area contributed by atoms with Crippen LogP contribution in [-0.2, 0) is 6.42 Å². The monoisotopic (exact) mass is 336 g/mol. The van der Waals surface area contributed by atoms with Crippen LogP contribution in [0.1, 0.15) is 27.4 Å². The minimum atomic E-state index is -0.618. The zero-order chi connectivity index (χ0) is 17.8. The number of methoxy groups -OCH3 is 1. The van der Waals surface area contributed by atoms with Crippen molar-refractivity contribution >= 4 is 5.78 Å². The van der Waals surface area contributed by atoms with E-state index in [9.17, 15) is 15.0 Å². The number of aromatic hydroxyl groups is 2. The van der Waals surface area contributed by atoms with E-state index in [4.69, 9.17) is 4.74 Å². The highest BCUT2D eigenvalue weighted by Gasteiger charge is 2.20. The fourth-order valence-electron chi connectivity index (χ4n) is 2.38. The van der Waals surface area contributed by atoms with E-state index in [0.29, 0.717) is 12.0 Å². The first-order valence-corrected chi connectivity index (χ1v) is 7.60. The van der Waals surface area contributed by atoms with Crippen LogP contribution < -0.4 is 4.74 Å². The highest BCUT2D eigenvalue weighted by molar-refractivity contribution is 6.09. The van der Waals surface area contributed by atoms with Crippen molar-refractivity contribution in [2.24, 2.45) is 0 Å². The van der Waals surface area contributed by atoms with Crippen molar-refractivity contribution in [3.8, 4) is 17.4 Å². The third kappa shape index (κ3) is 3.58. The highest BCUT2D eigenvalue weighted by atomic mass is 16.5. The Balaban J connectivity index is 1.93. The Kier molecular flexibility index (Phi) is 4.61. The van der Waals surface area contributed by atoms with E-state index in [1.54, 1.807) is 49.6 Å². The van der Waals surface area contributed by atoms with Crippen molar-refractivity contribution in [1.82, 2.24) is 9.97 Å². The lowest BCUT2D eigenvalue weighted by molar-refractivity contribution is 0.103. The summed E-state index contributed by atoms with van der Waals surface area (Å²) in [6, 6.07) is 15.7. The van der Waals surface area contributed by atoms with E-state index in [0.717, 1.165) is 11.3 Å². The molecule has 126 valence electrons. The second-order valence-electron chi connectivity index (χ2n) is 5.38. The van der Waals surface area contributed by atoms with Crippen LogP contribution in [0.5, 0.6) is 17.4 Å². The van der Waals surface area contributed by atoms with Gasteiger partial charge in [0.15, 0.2) is 5.69 Å². The summed E-state index contributed by atoms with van der Waals surface area (Å²) >= 11 is 0. The molecule has 2 aromatic carbocycles. The minimum Gasteiger partial charge on any atom is -0.502 e. The molecule has 1 aromatic heterocycles. The molecule has 0 unspecified atom stereocenters. The molecule has 2 N–H and O–H groups in total. The van der Waals surface area contributed by atoms with Crippen LogP contribution in [0.3, 0.4) is 0 Å². The van der Waals surface area contributed by atoms with Crippen molar-refractivity contribution in [2.45, 2.75) is 6.42 Å². The fraction of sp³-hybridized carbons (Fsp3) is 0.105. The zero-order valence-electron chi connectivity index (χ0n) is 13.5. The van der Waals surface area contributed by atoms with Crippen LogP contribution in [0.4, 0.5) is 0 Å². The van der Waals surface area contributed by atoms with Crippen molar-refractivity contribution in [3.63, 3.8) is 0 Å². The Morgan fingerprint density at radius 3 is 2.32 bits per heavy atom. The number of nitrogens with zero attached hydrogens (tertiary/aromatic N) is 2. The molecule has 0 amide bonds. The van der Waals surface area contributed by atoms with Crippen LogP contribution >= 0.6 is 0 Å². The van der Waals surface area contributed by atoms with Gasteiger partial charge in [0.1, 0.15) is 11.6 Å². The van der Waals surface area contributed by atoms with Gasteiger partial charge in [-0.05, 0) is 17.7 Å². The molecule has 0 saturated carbocycles. The van der Waals surface area contributed by atoms with Crippen LogP contribution in [0, 0.1) is 0 Å². The predicted molar refractivity (Wildman–Crippen MR) is 91.0 cm³/mol. The molecule has 0 spiro atoms. The molecular formula is C19H16N2O4. The normalized spacial score (nSPS) is 10.4. The van der Waals surface area contributed by atoms with Crippen LogP contribution in [0.15, 0.2) is 54.6 Å². The van der Waals surface area contributed by atoms with Crippen LogP contribution in [0.25, 0.3) is 0 Å². The number of ether oxygens (including phenoxy) is 1. The first kappa shape index (κ1) is 16.4. The molecule has 0 atom stereocenters. The molecule has 0 aliphatic rings. The van der Waals surface area contributed by atoms with Gasteiger partial charge in [-0.15, -0.1) is 0 Å². The lowest BCUT2D eigenvalue weighted by atomic mass is 10.1. The maximum atomic E-state index is 12.5. The van der Waals surface area contributed by atoms with E-state index >= 15 is 0 Å². The largest absolute Gasteiger partial charge is 0.502 e. The highest BCUT2D eigenvalue weighted by Crippen LogP contribution is 2.28. The lowest BCUT2D eigenvalue weighted by Gasteiger charge is -2.08. The molecule has 1 heterocycles. The molecule has 6 nitrogen and oxygen atoms in total. The molecule has 25 heavy (non-hydrogen) atoms. The van der Waals surface area contributed by atoms with Gasteiger partial charge >= 0.3 is 0 Å². The van der Waals surface area contributed by atoms with Gasteiger partial charge in [-0.2, -0.15) is 4.98 Å². The molecule has 0 saturated heterocycles. The van der Waals surface area contributed by atoms with Crippen molar-refractivity contribution in [3.05, 3.63) is 77.2 Å². The van der Waals surface area contributed by atoms with E-state index < -0.39 is 17.4 Å². The smallest absolute Gasteiger partial charge is 0.258 e. The second kappa shape index (κ2) is 7.00. The maximum Gasteiger partial charge on any atom is 0.258 e. The lowest BCUT2D eigenvalue weighted by Crippen LogP contribution is -2.08. The van der Waals surface area contributed by atoms with Gasteiger partial charge in [0, 0.05) is 12.0 Å². The van der Waals surface area contributed by atoms with E-state index in [2.05, 4.69) is 9.97 Å². The number of benzene rings is 2. The van der Waals surface area contributed by atoms with Gasteiger partial charge in [0.25, 0.3) is 5.88 Å². The third-order valence-electron chi connectivity index (χ3n) is 3.68. The summed E-state index contributed by atoms with van der Waals surface area (Å²) in [4.78, 5) is 20.5. The summed E-state index contributed by atoms with van der Waals surface area (Å²) in [7, 11) is 1.58. The number of carbonyl (C=O) groups is 1. The first-order chi connectivity index (χ1) is 12.1. The zero-order valence-corrected chi connectivity index (χ0v) is 13.5. The maximum absolute atomic E-state index is 12.5. The number of carbonyl (C=O) groups excluding carboxylic acids is 1. The number of hydrogen-bond donors (Lipinski definition) is 2. The topological polar surface area (TPSA) is 92.5 Å². The second-order valence-corrected chi connectivity index (χ2v) is 5.38.